The zero-order valence-electron chi connectivity index (χ0n) is 14.3. The van der Waals surface area contributed by atoms with E-state index in [-0.39, 0.29) is 17.7 Å². The molecule has 0 unspecified atom stereocenters. The number of carbonyl (C=O) groups is 2. The number of anilines is 2. The molecule has 6 heteroatoms. The van der Waals surface area contributed by atoms with Gasteiger partial charge in [-0.15, -0.1) is 11.8 Å². The second-order valence-electron chi connectivity index (χ2n) is 6.29. The van der Waals surface area contributed by atoms with Gasteiger partial charge in [0.15, 0.2) is 0 Å². The van der Waals surface area contributed by atoms with Gasteiger partial charge in [-0.25, -0.2) is 0 Å². The van der Waals surface area contributed by atoms with Crippen LogP contribution in [-0.4, -0.2) is 17.6 Å². The minimum atomic E-state index is -0.00327. The van der Waals surface area contributed by atoms with Gasteiger partial charge in [-0.2, -0.15) is 0 Å². The lowest BCUT2D eigenvalue weighted by atomic mass is 10.2. The first-order valence-electron chi connectivity index (χ1n) is 8.69. The van der Waals surface area contributed by atoms with Gasteiger partial charge in [-0.3, -0.25) is 9.59 Å². The first-order valence-corrected chi connectivity index (χ1v) is 10.1. The van der Waals surface area contributed by atoms with Crippen molar-refractivity contribution in [2.75, 3.05) is 16.4 Å². The van der Waals surface area contributed by atoms with E-state index in [9.17, 15) is 9.59 Å². The molecule has 1 fully saturated rings. The van der Waals surface area contributed by atoms with E-state index < -0.39 is 0 Å². The first-order chi connectivity index (χ1) is 12.6. The zero-order valence-corrected chi connectivity index (χ0v) is 15.9. The number of benzene rings is 2. The normalized spacial score (nSPS) is 13.3. The molecule has 0 atom stereocenters. The van der Waals surface area contributed by atoms with Crippen molar-refractivity contribution in [1.29, 1.82) is 0 Å². The van der Waals surface area contributed by atoms with Crippen molar-refractivity contribution in [2.24, 2.45) is 5.92 Å². The van der Waals surface area contributed by atoms with Crippen molar-refractivity contribution in [3.05, 3.63) is 53.6 Å². The molecule has 1 aliphatic carbocycles. The second kappa shape index (κ2) is 9.10. The highest BCUT2D eigenvalue weighted by molar-refractivity contribution is 7.99. The Morgan fingerprint density at radius 2 is 1.58 bits per heavy atom. The molecule has 0 bridgehead atoms. The lowest BCUT2D eigenvalue weighted by Crippen LogP contribution is -2.14. The SMILES string of the molecule is O=C(CCCSc1ccc(Cl)cc1)Nc1ccc(NC(=O)C2CC2)cc1. The van der Waals surface area contributed by atoms with Crippen molar-refractivity contribution < 1.29 is 9.59 Å². The van der Waals surface area contributed by atoms with Crippen molar-refractivity contribution in [3.63, 3.8) is 0 Å². The lowest BCUT2D eigenvalue weighted by Gasteiger charge is -2.08. The fourth-order valence-corrected chi connectivity index (χ4v) is 3.38. The summed E-state index contributed by atoms with van der Waals surface area (Å²) in [6.07, 6.45) is 3.24. The summed E-state index contributed by atoms with van der Waals surface area (Å²) in [7, 11) is 0. The summed E-state index contributed by atoms with van der Waals surface area (Å²) in [5.41, 5.74) is 1.50. The minimum absolute atomic E-state index is 0.00327. The van der Waals surface area contributed by atoms with Gasteiger partial charge in [0.25, 0.3) is 0 Å². The summed E-state index contributed by atoms with van der Waals surface area (Å²) >= 11 is 7.57. The van der Waals surface area contributed by atoms with Crippen molar-refractivity contribution >= 4 is 46.6 Å². The molecule has 136 valence electrons. The molecular formula is C20H21ClN2O2S. The monoisotopic (exact) mass is 388 g/mol. The smallest absolute Gasteiger partial charge is 0.227 e. The van der Waals surface area contributed by atoms with E-state index in [0.29, 0.717) is 6.42 Å². The molecule has 0 saturated heterocycles. The van der Waals surface area contributed by atoms with Gasteiger partial charge >= 0.3 is 0 Å². The van der Waals surface area contributed by atoms with E-state index in [0.717, 1.165) is 46.3 Å². The molecule has 2 N–H and O–H groups in total. The highest BCUT2D eigenvalue weighted by atomic mass is 35.5. The fourth-order valence-electron chi connectivity index (χ4n) is 2.40. The van der Waals surface area contributed by atoms with Crippen LogP contribution in [0.15, 0.2) is 53.4 Å². The van der Waals surface area contributed by atoms with Gasteiger partial charge in [-0.05, 0) is 73.5 Å². The van der Waals surface area contributed by atoms with Gasteiger partial charge in [0.2, 0.25) is 11.8 Å². The molecule has 1 saturated carbocycles. The standard InChI is InChI=1S/C20H21ClN2O2S/c21-15-5-11-18(12-6-15)26-13-1-2-19(24)22-16-7-9-17(10-8-16)23-20(25)14-3-4-14/h5-12,14H,1-4,13H2,(H,22,24)(H,23,25). The quantitative estimate of drug-likeness (QED) is 0.482. The fraction of sp³-hybridized carbons (Fsp3) is 0.300. The van der Waals surface area contributed by atoms with Crippen LogP contribution in [0.1, 0.15) is 25.7 Å². The van der Waals surface area contributed by atoms with Crippen molar-refractivity contribution in [2.45, 2.75) is 30.6 Å². The van der Waals surface area contributed by atoms with E-state index in [1.165, 1.54) is 0 Å². The maximum atomic E-state index is 12.0. The maximum Gasteiger partial charge on any atom is 0.227 e. The van der Waals surface area contributed by atoms with Crippen LogP contribution in [-0.2, 0) is 9.59 Å². The summed E-state index contributed by atoms with van der Waals surface area (Å²) in [6.45, 7) is 0. The molecule has 2 amide bonds. The molecule has 0 heterocycles. The molecule has 0 radical (unpaired) electrons. The van der Waals surface area contributed by atoms with Gasteiger partial charge in [0, 0.05) is 33.6 Å². The Hall–Kier alpha value is -1.98. The van der Waals surface area contributed by atoms with E-state index in [2.05, 4.69) is 10.6 Å². The molecule has 1 aliphatic rings. The Morgan fingerprint density at radius 1 is 0.962 bits per heavy atom. The van der Waals surface area contributed by atoms with Crippen LogP contribution in [0.25, 0.3) is 0 Å². The number of rotatable bonds is 8. The zero-order chi connectivity index (χ0) is 18.4. The topological polar surface area (TPSA) is 58.2 Å². The van der Waals surface area contributed by atoms with E-state index in [1.54, 1.807) is 11.8 Å². The molecule has 2 aromatic rings. The highest BCUT2D eigenvalue weighted by Crippen LogP contribution is 2.30. The maximum absolute atomic E-state index is 12.0. The Labute approximate surface area is 162 Å². The number of halogens is 1. The van der Waals surface area contributed by atoms with Crippen molar-refractivity contribution in [1.82, 2.24) is 0 Å². The number of amides is 2. The van der Waals surface area contributed by atoms with Gasteiger partial charge in [0.1, 0.15) is 0 Å². The Kier molecular flexibility index (Phi) is 6.58. The van der Waals surface area contributed by atoms with Crippen LogP contribution >= 0.6 is 23.4 Å². The van der Waals surface area contributed by atoms with E-state index in [4.69, 9.17) is 11.6 Å². The average molecular weight is 389 g/mol. The van der Waals surface area contributed by atoms with Gasteiger partial charge in [0.05, 0.1) is 0 Å². The molecule has 0 aromatic heterocycles. The van der Waals surface area contributed by atoms with Crippen molar-refractivity contribution in [3.8, 4) is 0 Å². The first kappa shape index (κ1) is 18.8. The largest absolute Gasteiger partial charge is 0.326 e. The summed E-state index contributed by atoms with van der Waals surface area (Å²) in [5.74, 6) is 1.14. The third kappa shape index (κ3) is 6.07. The number of thioether (sulfide) groups is 1. The molecule has 0 aliphatic heterocycles. The van der Waals surface area contributed by atoms with Crippen LogP contribution in [0, 0.1) is 5.92 Å². The molecular weight excluding hydrogens is 368 g/mol. The second-order valence-corrected chi connectivity index (χ2v) is 7.90. The number of carbonyl (C=O) groups excluding carboxylic acids is 2. The predicted molar refractivity (Wildman–Crippen MR) is 108 cm³/mol. The van der Waals surface area contributed by atoms with Gasteiger partial charge in [-0.1, -0.05) is 11.6 Å². The predicted octanol–water partition coefficient (Wildman–Crippen LogP) is 5.20. The summed E-state index contributed by atoms with van der Waals surface area (Å²) in [5, 5.41) is 6.50. The Balaban J connectivity index is 1.36. The highest BCUT2D eigenvalue weighted by Gasteiger charge is 2.29. The average Bonchev–Trinajstić information content (AvgIpc) is 3.47. The molecule has 26 heavy (non-hydrogen) atoms. The van der Waals surface area contributed by atoms with E-state index >= 15 is 0 Å². The summed E-state index contributed by atoms with van der Waals surface area (Å²) in [4.78, 5) is 24.9. The third-order valence-electron chi connectivity index (χ3n) is 4.01. The van der Waals surface area contributed by atoms with Crippen LogP contribution in [0.3, 0.4) is 0 Å². The van der Waals surface area contributed by atoms with Crippen LogP contribution in [0.2, 0.25) is 5.02 Å². The third-order valence-corrected chi connectivity index (χ3v) is 5.37. The number of hydrogen-bond acceptors (Lipinski definition) is 3. The molecule has 3 rings (SSSR count). The number of hydrogen-bond donors (Lipinski definition) is 2. The summed E-state index contributed by atoms with van der Waals surface area (Å²) in [6, 6.07) is 14.9. The van der Waals surface area contributed by atoms with Crippen LogP contribution < -0.4 is 10.6 Å². The Morgan fingerprint density at radius 3 is 2.19 bits per heavy atom. The Bertz CT molecular complexity index is 758. The minimum Gasteiger partial charge on any atom is -0.326 e. The van der Waals surface area contributed by atoms with Crippen LogP contribution in [0.4, 0.5) is 11.4 Å². The number of nitrogens with one attached hydrogen (secondary N) is 2. The summed E-state index contributed by atoms with van der Waals surface area (Å²) < 4.78 is 0. The molecule has 4 nitrogen and oxygen atoms in total. The lowest BCUT2D eigenvalue weighted by molar-refractivity contribution is -0.117. The molecule has 2 aromatic carbocycles. The van der Waals surface area contributed by atoms with Crippen LogP contribution in [0.5, 0.6) is 0 Å². The van der Waals surface area contributed by atoms with Gasteiger partial charge < -0.3 is 10.6 Å². The van der Waals surface area contributed by atoms with E-state index in [1.807, 2.05) is 48.5 Å². The molecule has 0 spiro atoms.